The van der Waals surface area contributed by atoms with Crippen molar-refractivity contribution in [1.82, 2.24) is 0 Å². The first-order valence-electron chi connectivity index (χ1n) is 11.2. The minimum absolute atomic E-state index is 0.0105. The first-order chi connectivity index (χ1) is 18.4. The second-order valence-electron chi connectivity index (χ2n) is 7.88. The van der Waals surface area contributed by atoms with E-state index in [0.717, 1.165) is 11.1 Å². The summed E-state index contributed by atoms with van der Waals surface area (Å²) < 4.78 is 9.29. The van der Waals surface area contributed by atoms with E-state index < -0.39 is 11.9 Å². The van der Waals surface area contributed by atoms with Gasteiger partial charge in [0.2, 0.25) is 0 Å². The van der Waals surface area contributed by atoms with Crippen molar-refractivity contribution in [3.63, 3.8) is 0 Å². The molecule has 10 heteroatoms. The van der Waals surface area contributed by atoms with Crippen LogP contribution in [0.25, 0.3) is 11.1 Å². The molecular formula is C28H22N4O6. The minimum atomic E-state index is -0.663. The molecule has 0 aromatic heterocycles. The topological polar surface area (TPSA) is 142 Å². The fourth-order valence-electron chi connectivity index (χ4n) is 3.39. The number of carbonyl (C=O) groups is 2. The number of nitrogens with zero attached hydrogens (tertiary/aromatic N) is 4. The van der Waals surface area contributed by atoms with Crippen LogP contribution in [-0.2, 0) is 9.47 Å². The van der Waals surface area contributed by atoms with Crippen molar-refractivity contribution in [3.05, 3.63) is 96.1 Å². The third-order valence-electron chi connectivity index (χ3n) is 5.40. The van der Waals surface area contributed by atoms with Crippen molar-refractivity contribution in [2.45, 2.75) is 0 Å². The molecule has 10 nitrogen and oxygen atoms in total. The predicted molar refractivity (Wildman–Crippen MR) is 139 cm³/mol. The summed E-state index contributed by atoms with van der Waals surface area (Å²) in [5, 5.41) is 36.2. The Bertz CT molecular complexity index is 1410. The van der Waals surface area contributed by atoms with Crippen molar-refractivity contribution in [3.8, 4) is 22.6 Å². The average molecular weight is 511 g/mol. The molecule has 38 heavy (non-hydrogen) atoms. The van der Waals surface area contributed by atoms with Gasteiger partial charge in [-0.1, -0.05) is 24.3 Å². The molecule has 0 spiro atoms. The highest BCUT2D eigenvalue weighted by Crippen LogP contribution is 2.29. The highest BCUT2D eigenvalue weighted by molar-refractivity contribution is 5.93. The molecule has 4 aromatic rings. The number of esters is 2. The van der Waals surface area contributed by atoms with Crippen molar-refractivity contribution >= 4 is 34.7 Å². The maximum Gasteiger partial charge on any atom is 0.341 e. The second kappa shape index (κ2) is 11.6. The van der Waals surface area contributed by atoms with E-state index in [1.165, 1.54) is 50.6 Å². The molecule has 2 N–H and O–H groups in total. The summed E-state index contributed by atoms with van der Waals surface area (Å²) in [7, 11) is 2.46. The lowest BCUT2D eigenvalue weighted by atomic mass is 10.1. The maximum absolute atomic E-state index is 11.7. The van der Waals surface area contributed by atoms with Gasteiger partial charge in [-0.05, 0) is 71.8 Å². The summed E-state index contributed by atoms with van der Waals surface area (Å²) in [5.74, 6) is -1.71. The van der Waals surface area contributed by atoms with Gasteiger partial charge in [-0.15, -0.1) is 0 Å². The molecular weight excluding hydrogens is 488 g/mol. The number of phenolic OH excluding ortho intramolecular Hbond substituents is 2. The zero-order valence-corrected chi connectivity index (χ0v) is 20.4. The zero-order valence-electron chi connectivity index (χ0n) is 20.4. The Kier molecular flexibility index (Phi) is 7.83. The van der Waals surface area contributed by atoms with Crippen LogP contribution in [0.15, 0.2) is 105 Å². The Morgan fingerprint density at radius 2 is 0.842 bits per heavy atom. The first kappa shape index (κ1) is 25.7. The summed E-state index contributed by atoms with van der Waals surface area (Å²) in [6, 6.07) is 23.4. The summed E-state index contributed by atoms with van der Waals surface area (Å²) in [4.78, 5) is 23.4. The fraction of sp³-hybridized carbons (Fsp3) is 0.0714. The van der Waals surface area contributed by atoms with Gasteiger partial charge in [-0.3, -0.25) is 0 Å². The van der Waals surface area contributed by atoms with E-state index in [-0.39, 0.29) is 22.6 Å². The van der Waals surface area contributed by atoms with Gasteiger partial charge in [-0.25, -0.2) is 9.59 Å². The van der Waals surface area contributed by atoms with Crippen LogP contribution in [0.3, 0.4) is 0 Å². The molecule has 4 aromatic carbocycles. The molecule has 4 rings (SSSR count). The molecule has 0 saturated heterocycles. The highest BCUT2D eigenvalue weighted by Gasteiger charge is 2.13. The molecule has 0 atom stereocenters. The largest absolute Gasteiger partial charge is 0.507 e. The van der Waals surface area contributed by atoms with Gasteiger partial charge in [0.15, 0.2) is 0 Å². The molecule has 0 aliphatic rings. The quantitative estimate of drug-likeness (QED) is 0.199. The lowest BCUT2D eigenvalue weighted by Crippen LogP contribution is -2.00. The van der Waals surface area contributed by atoms with Crippen LogP contribution >= 0.6 is 0 Å². The molecule has 0 radical (unpaired) electrons. The van der Waals surface area contributed by atoms with E-state index in [2.05, 4.69) is 29.9 Å². The Labute approximate surface area is 217 Å². The highest BCUT2D eigenvalue weighted by atomic mass is 16.5. The second-order valence-corrected chi connectivity index (χ2v) is 7.88. The molecule has 0 amide bonds. The lowest BCUT2D eigenvalue weighted by Gasteiger charge is -2.04. The molecule has 0 aliphatic heterocycles. The molecule has 0 heterocycles. The Morgan fingerprint density at radius 1 is 0.526 bits per heavy atom. The van der Waals surface area contributed by atoms with E-state index in [4.69, 9.17) is 0 Å². The first-order valence-corrected chi connectivity index (χ1v) is 11.2. The molecule has 190 valence electrons. The standard InChI is InChI=1S/C28H22N4O6/c1-37-27(35)23-15-21(11-13-25(23)33)31-29-19-7-3-17(4-8-19)18-5-9-20(10-6-18)30-32-22-12-14-26(34)24(16-22)28(36)38-2/h3-16,33-34H,1-2H3. The molecule has 0 unspecified atom stereocenters. The van der Waals surface area contributed by atoms with Crippen LogP contribution in [0.1, 0.15) is 20.7 Å². The Hall–Kier alpha value is -5.38. The van der Waals surface area contributed by atoms with Crippen molar-refractivity contribution < 1.29 is 29.3 Å². The van der Waals surface area contributed by atoms with Crippen LogP contribution in [-0.4, -0.2) is 36.4 Å². The fourth-order valence-corrected chi connectivity index (χ4v) is 3.39. The number of phenols is 2. The van der Waals surface area contributed by atoms with Crippen molar-refractivity contribution in [1.29, 1.82) is 0 Å². The summed E-state index contributed by atoms with van der Waals surface area (Å²) in [6.07, 6.45) is 0. The van der Waals surface area contributed by atoms with E-state index in [0.29, 0.717) is 22.7 Å². The summed E-state index contributed by atoms with van der Waals surface area (Å²) in [6.45, 7) is 0. The number of methoxy groups -OCH3 is 2. The number of hydrogen-bond donors (Lipinski definition) is 2. The van der Waals surface area contributed by atoms with Gasteiger partial charge >= 0.3 is 11.9 Å². The Balaban J connectivity index is 1.43. The van der Waals surface area contributed by atoms with Crippen LogP contribution < -0.4 is 0 Å². The van der Waals surface area contributed by atoms with E-state index in [1.54, 1.807) is 24.3 Å². The van der Waals surface area contributed by atoms with E-state index >= 15 is 0 Å². The Morgan fingerprint density at radius 3 is 1.18 bits per heavy atom. The number of rotatable bonds is 7. The molecule has 0 saturated carbocycles. The van der Waals surface area contributed by atoms with Gasteiger partial charge in [0, 0.05) is 0 Å². The van der Waals surface area contributed by atoms with Crippen LogP contribution in [0, 0.1) is 0 Å². The number of hydrogen-bond acceptors (Lipinski definition) is 10. The number of azo groups is 2. The number of benzene rings is 4. The van der Waals surface area contributed by atoms with Crippen LogP contribution in [0.4, 0.5) is 22.7 Å². The minimum Gasteiger partial charge on any atom is -0.507 e. The van der Waals surface area contributed by atoms with Crippen molar-refractivity contribution in [2.24, 2.45) is 20.5 Å². The number of ether oxygens (including phenoxy) is 2. The third-order valence-corrected chi connectivity index (χ3v) is 5.40. The number of carbonyl (C=O) groups excluding carboxylic acids is 2. The maximum atomic E-state index is 11.7. The van der Waals surface area contributed by atoms with Gasteiger partial charge in [0.1, 0.15) is 22.6 Å². The predicted octanol–water partition coefficient (Wildman–Crippen LogP) is 7.17. The van der Waals surface area contributed by atoms with E-state index in [1.807, 2.05) is 24.3 Å². The molecule has 0 aliphatic carbocycles. The van der Waals surface area contributed by atoms with E-state index in [9.17, 15) is 19.8 Å². The molecule has 0 fully saturated rings. The smallest absolute Gasteiger partial charge is 0.341 e. The third kappa shape index (κ3) is 6.05. The van der Waals surface area contributed by atoms with Crippen molar-refractivity contribution in [2.75, 3.05) is 14.2 Å². The SMILES string of the molecule is COC(=O)c1cc(N=Nc2ccc(-c3ccc(N=Nc4ccc(O)c(C(=O)OC)c4)cc3)cc2)ccc1O. The normalized spacial score (nSPS) is 11.1. The summed E-state index contributed by atoms with van der Waals surface area (Å²) >= 11 is 0. The molecule has 0 bridgehead atoms. The van der Waals surface area contributed by atoms with Gasteiger partial charge in [0.05, 0.1) is 37.0 Å². The zero-order chi connectivity index (χ0) is 27.1. The van der Waals surface area contributed by atoms with Crippen LogP contribution in [0.2, 0.25) is 0 Å². The van der Waals surface area contributed by atoms with Gasteiger partial charge < -0.3 is 19.7 Å². The monoisotopic (exact) mass is 510 g/mol. The lowest BCUT2D eigenvalue weighted by molar-refractivity contribution is 0.0588. The number of aromatic hydroxyl groups is 2. The van der Waals surface area contributed by atoms with Gasteiger partial charge in [-0.2, -0.15) is 20.5 Å². The average Bonchev–Trinajstić information content (AvgIpc) is 2.96. The van der Waals surface area contributed by atoms with Gasteiger partial charge in [0.25, 0.3) is 0 Å². The van der Waals surface area contributed by atoms with Crippen LogP contribution in [0.5, 0.6) is 11.5 Å². The summed E-state index contributed by atoms with van der Waals surface area (Å²) in [5.41, 5.74) is 3.92.